The van der Waals surface area contributed by atoms with Gasteiger partial charge in [-0.2, -0.15) is 0 Å². The van der Waals surface area contributed by atoms with E-state index in [4.69, 9.17) is 34.8 Å². The van der Waals surface area contributed by atoms with Gasteiger partial charge in [-0.3, -0.25) is 10.1 Å². The first-order chi connectivity index (χ1) is 13.9. The summed E-state index contributed by atoms with van der Waals surface area (Å²) < 4.78 is 1.99. The largest absolute Gasteiger partial charge is 0.337 e. The molecule has 2 heterocycles. The van der Waals surface area contributed by atoms with Crippen molar-refractivity contribution < 1.29 is 4.79 Å². The second-order valence-electron chi connectivity index (χ2n) is 6.50. The Kier molecular flexibility index (Phi) is 5.58. The number of nitrogens with one attached hydrogen (secondary N) is 1. The first-order valence-corrected chi connectivity index (χ1v) is 10.9. The number of thiazole rings is 1. The maximum Gasteiger partial charge on any atom is 0.274 e. The molecule has 1 N–H and O–H groups in total. The molecule has 4 nitrogen and oxygen atoms in total. The van der Waals surface area contributed by atoms with Gasteiger partial charge in [-0.1, -0.05) is 34.8 Å². The maximum absolute atomic E-state index is 13.1. The fraction of sp³-hybridized carbons (Fsp3) is 0.143. The van der Waals surface area contributed by atoms with Gasteiger partial charge in [-0.05, 0) is 55.8 Å². The molecule has 0 radical (unpaired) electrons. The van der Waals surface area contributed by atoms with Gasteiger partial charge in [0, 0.05) is 38.4 Å². The molecule has 0 bridgehead atoms. The van der Waals surface area contributed by atoms with Crippen LogP contribution in [0, 0.1) is 6.92 Å². The summed E-state index contributed by atoms with van der Waals surface area (Å²) in [5, 5.41) is 7.96. The van der Waals surface area contributed by atoms with Crippen LogP contribution in [0.3, 0.4) is 0 Å². The van der Waals surface area contributed by atoms with Crippen LogP contribution in [-0.4, -0.2) is 15.5 Å². The SMILES string of the molecule is CCn1c(C(=O)Nc2nc(-c3ccc(Cl)cc3Cl)cs2)c(C)c2cc(Cl)ccc21. The summed E-state index contributed by atoms with van der Waals surface area (Å²) in [6, 6.07) is 10.9. The molecule has 0 fully saturated rings. The maximum atomic E-state index is 13.1. The molecular weight excluding hydrogens is 449 g/mol. The molecule has 0 saturated carbocycles. The van der Waals surface area contributed by atoms with E-state index in [0.29, 0.717) is 38.1 Å². The first kappa shape index (κ1) is 20.2. The third kappa shape index (κ3) is 3.76. The van der Waals surface area contributed by atoms with Gasteiger partial charge in [0.1, 0.15) is 5.69 Å². The van der Waals surface area contributed by atoms with Crippen molar-refractivity contribution >= 4 is 68.1 Å². The molecule has 148 valence electrons. The minimum absolute atomic E-state index is 0.209. The van der Waals surface area contributed by atoms with Crippen molar-refractivity contribution in [1.82, 2.24) is 9.55 Å². The van der Waals surface area contributed by atoms with Crippen molar-refractivity contribution in [3.63, 3.8) is 0 Å². The first-order valence-electron chi connectivity index (χ1n) is 8.89. The molecule has 0 spiro atoms. The summed E-state index contributed by atoms with van der Waals surface area (Å²) in [4.78, 5) is 17.6. The summed E-state index contributed by atoms with van der Waals surface area (Å²) in [6.45, 7) is 4.60. The Morgan fingerprint density at radius 1 is 1.14 bits per heavy atom. The van der Waals surface area contributed by atoms with Crippen molar-refractivity contribution in [1.29, 1.82) is 0 Å². The van der Waals surface area contributed by atoms with Gasteiger partial charge in [0.15, 0.2) is 5.13 Å². The molecule has 4 rings (SSSR count). The van der Waals surface area contributed by atoms with E-state index in [-0.39, 0.29) is 5.91 Å². The van der Waals surface area contributed by atoms with Crippen LogP contribution < -0.4 is 5.32 Å². The zero-order valence-corrected chi connectivity index (χ0v) is 18.7. The van der Waals surface area contributed by atoms with Crippen LogP contribution in [0.4, 0.5) is 5.13 Å². The number of hydrogen-bond donors (Lipinski definition) is 1. The standard InChI is InChI=1S/C21H16Cl3N3OS/c1-3-27-18-7-5-12(22)8-15(18)11(2)19(27)20(28)26-21-25-17(10-29-21)14-6-4-13(23)9-16(14)24/h4-10H,3H2,1-2H3,(H,25,26,28). The number of nitrogens with zero attached hydrogens (tertiary/aromatic N) is 2. The molecule has 0 aliphatic heterocycles. The van der Waals surface area contributed by atoms with Gasteiger partial charge < -0.3 is 4.57 Å². The number of aromatic nitrogens is 2. The fourth-order valence-corrected chi connectivity index (χ4v) is 4.81. The van der Waals surface area contributed by atoms with Crippen molar-refractivity contribution in [3.8, 4) is 11.3 Å². The molecule has 0 aliphatic carbocycles. The summed E-state index contributed by atoms with van der Waals surface area (Å²) >= 11 is 19.7. The van der Waals surface area contributed by atoms with Crippen molar-refractivity contribution in [2.24, 2.45) is 0 Å². The van der Waals surface area contributed by atoms with E-state index in [0.717, 1.165) is 22.0 Å². The third-order valence-electron chi connectivity index (χ3n) is 4.74. The number of hydrogen-bond acceptors (Lipinski definition) is 3. The Labute approximate surface area is 187 Å². The number of rotatable bonds is 4. The van der Waals surface area contributed by atoms with E-state index in [1.807, 2.05) is 48.1 Å². The van der Waals surface area contributed by atoms with Gasteiger partial charge in [-0.15, -0.1) is 11.3 Å². The lowest BCUT2D eigenvalue weighted by atomic mass is 10.1. The average Bonchev–Trinajstić information content (AvgIpc) is 3.24. The van der Waals surface area contributed by atoms with Crippen LogP contribution >= 0.6 is 46.1 Å². The number of carbonyl (C=O) groups excluding carboxylic acids is 1. The van der Waals surface area contributed by atoms with Gasteiger partial charge in [0.05, 0.1) is 10.7 Å². The lowest BCUT2D eigenvalue weighted by molar-refractivity contribution is 0.101. The monoisotopic (exact) mass is 463 g/mol. The number of carbonyl (C=O) groups is 1. The molecule has 0 aliphatic rings. The van der Waals surface area contributed by atoms with Crippen LogP contribution in [0.5, 0.6) is 0 Å². The van der Waals surface area contributed by atoms with E-state index in [2.05, 4.69) is 10.3 Å². The normalized spacial score (nSPS) is 11.2. The van der Waals surface area contributed by atoms with Gasteiger partial charge in [0.25, 0.3) is 5.91 Å². The van der Waals surface area contributed by atoms with Crippen LogP contribution in [0.2, 0.25) is 15.1 Å². The smallest absolute Gasteiger partial charge is 0.274 e. The minimum atomic E-state index is -0.209. The predicted molar refractivity (Wildman–Crippen MR) is 123 cm³/mol. The summed E-state index contributed by atoms with van der Waals surface area (Å²) in [7, 11) is 0. The molecule has 4 aromatic rings. The molecule has 8 heteroatoms. The minimum Gasteiger partial charge on any atom is -0.337 e. The highest BCUT2D eigenvalue weighted by Gasteiger charge is 2.21. The van der Waals surface area contributed by atoms with Crippen LogP contribution in [0.25, 0.3) is 22.2 Å². The molecule has 0 atom stereocenters. The quantitative estimate of drug-likeness (QED) is 0.344. The third-order valence-corrected chi connectivity index (χ3v) is 6.28. The number of benzene rings is 2. The number of aryl methyl sites for hydroxylation is 2. The van der Waals surface area contributed by atoms with Crippen LogP contribution in [0.15, 0.2) is 41.8 Å². The van der Waals surface area contributed by atoms with E-state index in [1.54, 1.807) is 12.1 Å². The highest BCUT2D eigenvalue weighted by Crippen LogP contribution is 2.33. The Morgan fingerprint density at radius 3 is 2.59 bits per heavy atom. The molecule has 2 aromatic heterocycles. The van der Waals surface area contributed by atoms with Gasteiger partial charge in [-0.25, -0.2) is 4.98 Å². The number of amides is 1. The van der Waals surface area contributed by atoms with Crippen molar-refractivity contribution in [2.75, 3.05) is 5.32 Å². The molecule has 0 unspecified atom stereocenters. The Hall–Kier alpha value is -2.05. The summed E-state index contributed by atoms with van der Waals surface area (Å²) in [5.41, 5.74) is 3.92. The van der Waals surface area contributed by atoms with Gasteiger partial charge in [0.2, 0.25) is 0 Å². The van der Waals surface area contributed by atoms with E-state index in [9.17, 15) is 4.79 Å². The molecular formula is C21H16Cl3N3OS. The summed E-state index contributed by atoms with van der Waals surface area (Å²) in [5.74, 6) is -0.209. The van der Waals surface area contributed by atoms with Gasteiger partial charge >= 0.3 is 0 Å². The highest BCUT2D eigenvalue weighted by atomic mass is 35.5. The molecule has 2 aromatic carbocycles. The Morgan fingerprint density at radius 2 is 1.86 bits per heavy atom. The average molecular weight is 465 g/mol. The zero-order chi connectivity index (χ0) is 20.7. The Bertz CT molecular complexity index is 1250. The van der Waals surface area contributed by atoms with Crippen molar-refractivity contribution in [2.45, 2.75) is 20.4 Å². The fourth-order valence-electron chi connectivity index (χ4n) is 3.42. The van der Waals surface area contributed by atoms with Crippen molar-refractivity contribution in [3.05, 3.63) is 68.1 Å². The second kappa shape index (κ2) is 8.00. The predicted octanol–water partition coefficient (Wildman–Crippen LogP) is 7.31. The van der Waals surface area contributed by atoms with Crippen LogP contribution in [0.1, 0.15) is 23.0 Å². The number of halogens is 3. The van der Waals surface area contributed by atoms with Crippen LogP contribution in [-0.2, 0) is 6.54 Å². The lowest BCUT2D eigenvalue weighted by Gasteiger charge is -2.08. The number of fused-ring (bicyclic) bond motifs is 1. The number of anilines is 1. The molecule has 1 amide bonds. The topological polar surface area (TPSA) is 46.9 Å². The van der Waals surface area contributed by atoms with E-state index >= 15 is 0 Å². The molecule has 29 heavy (non-hydrogen) atoms. The van der Waals surface area contributed by atoms with E-state index in [1.165, 1.54) is 11.3 Å². The zero-order valence-electron chi connectivity index (χ0n) is 15.6. The molecule has 0 saturated heterocycles. The van der Waals surface area contributed by atoms with E-state index < -0.39 is 0 Å². The Balaban J connectivity index is 1.67. The summed E-state index contributed by atoms with van der Waals surface area (Å²) in [6.07, 6.45) is 0. The highest BCUT2D eigenvalue weighted by molar-refractivity contribution is 7.14. The lowest BCUT2D eigenvalue weighted by Crippen LogP contribution is -2.17. The second-order valence-corrected chi connectivity index (χ2v) is 8.63.